The van der Waals surface area contributed by atoms with E-state index >= 15 is 0 Å². The van der Waals surface area contributed by atoms with Gasteiger partial charge in [0, 0.05) is 39.3 Å². The van der Waals surface area contributed by atoms with E-state index in [0.717, 1.165) is 0 Å². The average Bonchev–Trinajstić information content (AvgIpc) is 3.01. The summed E-state index contributed by atoms with van der Waals surface area (Å²) in [4.78, 5) is 41.6. The summed E-state index contributed by atoms with van der Waals surface area (Å²) in [6.45, 7) is 7.04. The number of pyridine rings is 1. The van der Waals surface area contributed by atoms with Crippen molar-refractivity contribution in [2.24, 2.45) is 0 Å². The number of benzene rings is 1. The lowest BCUT2D eigenvalue weighted by atomic mass is 10.0. The van der Waals surface area contributed by atoms with Gasteiger partial charge in [-0.05, 0) is 25.1 Å². The third kappa shape index (κ3) is 4.36. The number of anilines is 1. The predicted octanol–water partition coefficient (Wildman–Crippen LogP) is 2.51. The van der Waals surface area contributed by atoms with Crippen LogP contribution in [0.5, 0.6) is 11.5 Å². The van der Waals surface area contributed by atoms with Crippen LogP contribution in [0, 0.1) is 5.82 Å². The van der Waals surface area contributed by atoms with E-state index < -0.39 is 11.9 Å². The van der Waals surface area contributed by atoms with Gasteiger partial charge < -0.3 is 24.5 Å². The molecule has 2 fully saturated rings. The number of halogens is 2. The molecule has 2 amide bonds. The van der Waals surface area contributed by atoms with Crippen molar-refractivity contribution >= 4 is 29.2 Å². The van der Waals surface area contributed by atoms with Gasteiger partial charge in [0.25, 0.3) is 5.91 Å². The highest BCUT2D eigenvalue weighted by Gasteiger charge is 2.41. The molecule has 0 radical (unpaired) electrons. The summed E-state index contributed by atoms with van der Waals surface area (Å²) in [5.41, 5.74) is -0.108. The van der Waals surface area contributed by atoms with Gasteiger partial charge in [0.2, 0.25) is 5.91 Å². The summed E-state index contributed by atoms with van der Waals surface area (Å²) in [6, 6.07) is 3.33. The Morgan fingerprint density at radius 3 is 2.76 bits per heavy atom. The van der Waals surface area contributed by atoms with E-state index in [9.17, 15) is 19.1 Å². The van der Waals surface area contributed by atoms with Crippen LogP contribution in [0.15, 0.2) is 30.9 Å². The number of phenolic OH excluding ortho intramolecular Hbond substituents is 1. The summed E-state index contributed by atoms with van der Waals surface area (Å²) in [7, 11) is 1.80. The minimum Gasteiger partial charge on any atom is -0.507 e. The van der Waals surface area contributed by atoms with Crippen LogP contribution in [0.3, 0.4) is 0 Å². The summed E-state index contributed by atoms with van der Waals surface area (Å²) in [5.74, 6) is -1.39. The number of carbonyl (C=O) groups excluding carboxylic acids is 2. The maximum atomic E-state index is 14.9. The Balaban J connectivity index is 1.67. The maximum Gasteiger partial charge on any atom is 0.261 e. The van der Waals surface area contributed by atoms with Gasteiger partial charge in [-0.25, -0.2) is 9.37 Å². The summed E-state index contributed by atoms with van der Waals surface area (Å²) >= 11 is 6.74. The topological polar surface area (TPSA) is 98.7 Å². The van der Waals surface area contributed by atoms with E-state index in [1.54, 1.807) is 26.8 Å². The minimum atomic E-state index is -0.723. The van der Waals surface area contributed by atoms with Gasteiger partial charge in [-0.2, -0.15) is 5.06 Å². The monoisotopic (exact) mass is 531 g/mol. The predicted molar refractivity (Wildman–Crippen MR) is 134 cm³/mol. The second-order valence-corrected chi connectivity index (χ2v) is 9.65. The molecule has 2 saturated heterocycles. The minimum absolute atomic E-state index is 0.0479. The molecule has 3 aliphatic rings. The van der Waals surface area contributed by atoms with Gasteiger partial charge >= 0.3 is 0 Å². The molecule has 1 N–H and O–H groups in total. The molecule has 12 heteroatoms. The van der Waals surface area contributed by atoms with Crippen LogP contribution in [0.4, 0.5) is 10.2 Å². The Labute approximate surface area is 218 Å². The highest BCUT2D eigenvalue weighted by Crippen LogP contribution is 2.46. The van der Waals surface area contributed by atoms with Crippen LogP contribution in [-0.2, 0) is 9.63 Å². The highest BCUT2D eigenvalue weighted by molar-refractivity contribution is 6.35. The molecule has 2 atom stereocenters. The van der Waals surface area contributed by atoms with Crippen LogP contribution in [-0.4, -0.2) is 95.4 Å². The molecule has 5 rings (SSSR count). The molecular formula is C25H27ClFN5O5. The first kappa shape index (κ1) is 25.2. The van der Waals surface area contributed by atoms with E-state index in [0.29, 0.717) is 13.1 Å². The Bertz CT molecular complexity index is 1260. The molecule has 10 nitrogen and oxygen atoms in total. The summed E-state index contributed by atoms with van der Waals surface area (Å²) in [6.07, 6.45) is 1.24. The number of amides is 2. The molecular weight excluding hydrogens is 505 g/mol. The molecule has 4 heterocycles. The number of aromatic nitrogens is 1. The van der Waals surface area contributed by atoms with Crippen molar-refractivity contribution < 1.29 is 28.7 Å². The van der Waals surface area contributed by atoms with Gasteiger partial charge in [0.1, 0.15) is 47.0 Å². The van der Waals surface area contributed by atoms with E-state index in [4.69, 9.17) is 21.2 Å². The van der Waals surface area contributed by atoms with Gasteiger partial charge in [0.05, 0.1) is 11.6 Å². The van der Waals surface area contributed by atoms with E-state index in [1.807, 2.05) is 6.92 Å². The number of rotatable bonds is 3. The molecule has 2 aromatic rings. The first-order valence-corrected chi connectivity index (χ1v) is 12.3. The molecule has 0 saturated carbocycles. The molecule has 3 aliphatic heterocycles. The highest BCUT2D eigenvalue weighted by atomic mass is 35.5. The lowest BCUT2D eigenvalue weighted by Crippen LogP contribution is -2.57. The number of likely N-dealkylation sites (N-methyl/N-ethyl adjacent to an activating group) is 1. The lowest BCUT2D eigenvalue weighted by Gasteiger charge is -2.41. The van der Waals surface area contributed by atoms with E-state index in [1.165, 1.54) is 24.3 Å². The van der Waals surface area contributed by atoms with Crippen molar-refractivity contribution in [1.82, 2.24) is 19.8 Å². The second-order valence-electron chi connectivity index (χ2n) is 9.28. The van der Waals surface area contributed by atoms with Crippen LogP contribution in [0.2, 0.25) is 5.02 Å². The summed E-state index contributed by atoms with van der Waals surface area (Å²) in [5, 5.41) is 12.1. The molecule has 0 spiro atoms. The number of carbonyl (C=O) groups is 2. The van der Waals surface area contributed by atoms with Crippen LogP contribution < -0.4 is 9.64 Å². The van der Waals surface area contributed by atoms with E-state index in [-0.39, 0.29) is 83.4 Å². The number of ether oxygens (including phenoxy) is 1. The van der Waals surface area contributed by atoms with E-state index in [2.05, 4.69) is 11.6 Å². The normalized spacial score (nSPS) is 22.2. The number of fused-ring (bicyclic) bond motifs is 2. The number of hydroxylamine groups is 2. The fourth-order valence-corrected chi connectivity index (χ4v) is 5.26. The smallest absolute Gasteiger partial charge is 0.261 e. The van der Waals surface area contributed by atoms with Crippen molar-refractivity contribution in [3.05, 3.63) is 47.3 Å². The fourth-order valence-electron chi connectivity index (χ4n) is 4.98. The van der Waals surface area contributed by atoms with Gasteiger partial charge in [-0.15, -0.1) is 0 Å². The van der Waals surface area contributed by atoms with Crippen molar-refractivity contribution in [1.29, 1.82) is 0 Å². The zero-order valence-electron chi connectivity index (χ0n) is 20.5. The first-order valence-electron chi connectivity index (χ1n) is 11.9. The quantitative estimate of drug-likeness (QED) is 0.603. The Morgan fingerprint density at radius 2 is 2.05 bits per heavy atom. The number of piperazine rings is 1. The molecule has 0 unspecified atom stereocenters. The first-order chi connectivity index (χ1) is 17.7. The number of phenols is 1. The third-order valence-corrected chi connectivity index (χ3v) is 7.26. The van der Waals surface area contributed by atoms with Crippen LogP contribution in [0.25, 0.3) is 11.3 Å². The van der Waals surface area contributed by atoms with Crippen molar-refractivity contribution in [3.63, 3.8) is 0 Å². The largest absolute Gasteiger partial charge is 0.507 e. The van der Waals surface area contributed by atoms with Gasteiger partial charge in [-0.1, -0.05) is 24.2 Å². The zero-order valence-corrected chi connectivity index (χ0v) is 21.2. The Hall–Kier alpha value is -3.41. The Kier molecular flexibility index (Phi) is 6.69. The van der Waals surface area contributed by atoms with Crippen molar-refractivity contribution in [3.8, 4) is 22.8 Å². The van der Waals surface area contributed by atoms with Gasteiger partial charge in [-0.3, -0.25) is 14.4 Å². The second kappa shape index (κ2) is 9.81. The molecule has 1 aromatic carbocycles. The SMILES string of the molecule is C=CC(=O)N1CCN2C(=O)c3c(N4CON(C)C[C@H]4C)nc(-c4c(O)cccc4F)c(Cl)c3OC[C@H]2C1. The molecule has 1 aromatic heterocycles. The van der Waals surface area contributed by atoms with Gasteiger partial charge in [0.15, 0.2) is 5.75 Å². The standard InChI is InChI=1S/C25H27ClFN5O5/c1-4-18(34)30-8-9-31-15(11-30)12-36-23-20(25(31)35)24(32-13-37-29(3)10-14(32)2)28-22(21(23)26)19-16(27)6-5-7-17(19)33/h4-7,14-15,33H,1,8-13H2,2-3H3/t14-,15-/m1/s1. The third-order valence-electron chi connectivity index (χ3n) is 6.91. The average molecular weight is 532 g/mol. The number of nitrogens with zero attached hydrogens (tertiary/aromatic N) is 5. The number of aromatic hydroxyl groups is 1. The lowest BCUT2D eigenvalue weighted by molar-refractivity contribution is -0.163. The summed E-state index contributed by atoms with van der Waals surface area (Å²) < 4.78 is 21.1. The van der Waals surface area contributed by atoms with Crippen LogP contribution >= 0.6 is 11.6 Å². The fraction of sp³-hybridized carbons (Fsp3) is 0.400. The number of hydrogen-bond acceptors (Lipinski definition) is 8. The number of hydrogen-bond donors (Lipinski definition) is 1. The maximum absolute atomic E-state index is 14.9. The van der Waals surface area contributed by atoms with Crippen LogP contribution in [0.1, 0.15) is 17.3 Å². The molecule has 37 heavy (non-hydrogen) atoms. The zero-order chi connectivity index (χ0) is 26.4. The molecule has 0 aliphatic carbocycles. The van der Waals surface area contributed by atoms with Crippen molar-refractivity contribution in [2.45, 2.75) is 19.0 Å². The molecule has 0 bridgehead atoms. The van der Waals surface area contributed by atoms with Crippen molar-refractivity contribution in [2.75, 3.05) is 51.5 Å². The molecule has 196 valence electrons. The Morgan fingerprint density at radius 1 is 1.27 bits per heavy atom.